The molecule has 1 aliphatic heterocycles. The van der Waals surface area contributed by atoms with Gasteiger partial charge in [-0.3, -0.25) is 14.2 Å². The predicted octanol–water partition coefficient (Wildman–Crippen LogP) is 1.33. The zero-order chi connectivity index (χ0) is 21.1. The van der Waals surface area contributed by atoms with Crippen LogP contribution in [0, 0.1) is 0 Å². The number of anilines is 1. The van der Waals surface area contributed by atoms with Gasteiger partial charge < -0.3 is 14.4 Å². The van der Waals surface area contributed by atoms with Crippen LogP contribution >= 0.6 is 0 Å². The van der Waals surface area contributed by atoms with Crippen LogP contribution in [-0.4, -0.2) is 58.2 Å². The lowest BCUT2D eigenvalue weighted by atomic mass is 10.0. The van der Waals surface area contributed by atoms with Gasteiger partial charge in [0.25, 0.3) is 5.56 Å². The molecule has 1 aromatic carbocycles. The topological polar surface area (TPSA) is 99.4 Å². The smallest absolute Gasteiger partial charge is 0.255 e. The van der Waals surface area contributed by atoms with E-state index in [9.17, 15) is 9.59 Å². The number of morpholine rings is 1. The number of methoxy groups -OCH3 is 1. The van der Waals surface area contributed by atoms with Gasteiger partial charge in [-0.2, -0.15) is 0 Å². The van der Waals surface area contributed by atoms with Crippen LogP contribution in [0.1, 0.15) is 10.4 Å². The maximum atomic E-state index is 12.9. The molecule has 1 atom stereocenters. The Labute approximate surface area is 172 Å². The summed E-state index contributed by atoms with van der Waals surface area (Å²) < 4.78 is 12.3. The van der Waals surface area contributed by atoms with Crippen LogP contribution in [0.3, 0.4) is 0 Å². The SMILES string of the molecule is COc1ccc(C(=O)C2CN(c3nc(-c4ccncn4)cc(=O)n3C)CCO2)cc1. The third-order valence-corrected chi connectivity index (χ3v) is 4.97. The van der Waals surface area contributed by atoms with Crippen molar-refractivity contribution in [2.24, 2.45) is 7.05 Å². The standard InChI is InChI=1S/C21H21N5O4/c1-25-19(27)11-17(16-7-8-22-13-23-16)24-21(25)26-9-10-30-18(12-26)20(28)14-3-5-15(29-2)6-4-14/h3-8,11,13,18H,9-10,12H2,1-2H3. The van der Waals surface area contributed by atoms with Gasteiger partial charge in [0.1, 0.15) is 18.2 Å². The second kappa shape index (κ2) is 8.42. The van der Waals surface area contributed by atoms with Crippen molar-refractivity contribution in [3.63, 3.8) is 0 Å². The van der Waals surface area contributed by atoms with Gasteiger partial charge in [0.2, 0.25) is 5.95 Å². The van der Waals surface area contributed by atoms with Crippen molar-refractivity contribution in [2.75, 3.05) is 31.7 Å². The number of aromatic nitrogens is 4. The van der Waals surface area contributed by atoms with E-state index in [2.05, 4.69) is 15.0 Å². The van der Waals surface area contributed by atoms with Crippen molar-refractivity contribution < 1.29 is 14.3 Å². The molecule has 0 bridgehead atoms. The van der Waals surface area contributed by atoms with E-state index in [0.717, 1.165) is 0 Å². The molecule has 0 radical (unpaired) electrons. The molecule has 9 nitrogen and oxygen atoms in total. The molecule has 9 heteroatoms. The second-order valence-corrected chi connectivity index (χ2v) is 6.83. The van der Waals surface area contributed by atoms with E-state index in [4.69, 9.17) is 9.47 Å². The lowest BCUT2D eigenvalue weighted by Gasteiger charge is -2.33. The van der Waals surface area contributed by atoms with Crippen LogP contribution in [0.5, 0.6) is 5.75 Å². The molecule has 1 saturated heterocycles. The van der Waals surface area contributed by atoms with Gasteiger partial charge >= 0.3 is 0 Å². The largest absolute Gasteiger partial charge is 0.497 e. The van der Waals surface area contributed by atoms with Crippen molar-refractivity contribution in [3.8, 4) is 17.1 Å². The van der Waals surface area contributed by atoms with Gasteiger partial charge in [0.05, 0.1) is 31.6 Å². The van der Waals surface area contributed by atoms with Gasteiger partial charge in [-0.15, -0.1) is 0 Å². The van der Waals surface area contributed by atoms with E-state index < -0.39 is 6.10 Å². The third-order valence-electron chi connectivity index (χ3n) is 4.97. The minimum atomic E-state index is -0.660. The minimum absolute atomic E-state index is 0.126. The van der Waals surface area contributed by atoms with E-state index in [0.29, 0.717) is 48.3 Å². The quantitative estimate of drug-likeness (QED) is 0.584. The lowest BCUT2D eigenvalue weighted by Crippen LogP contribution is -2.48. The number of hydrogen-bond donors (Lipinski definition) is 0. The van der Waals surface area contributed by atoms with Crippen molar-refractivity contribution in [3.05, 3.63) is 64.8 Å². The number of Topliss-reactive ketones (excluding diaryl/α,β-unsaturated/α-hetero) is 1. The molecule has 0 N–H and O–H groups in total. The number of ether oxygens (including phenoxy) is 2. The number of ketones is 1. The second-order valence-electron chi connectivity index (χ2n) is 6.83. The van der Waals surface area contributed by atoms with Gasteiger partial charge in [-0.25, -0.2) is 15.0 Å². The van der Waals surface area contributed by atoms with Gasteiger partial charge in [0.15, 0.2) is 5.78 Å². The molecule has 0 spiro atoms. The summed E-state index contributed by atoms with van der Waals surface area (Å²) in [7, 11) is 3.23. The van der Waals surface area contributed by atoms with Crippen LogP contribution in [0.15, 0.2) is 53.7 Å². The van der Waals surface area contributed by atoms with E-state index in [1.54, 1.807) is 50.7 Å². The normalized spacial score (nSPS) is 16.3. The predicted molar refractivity (Wildman–Crippen MR) is 110 cm³/mol. The molecule has 3 aromatic rings. The third kappa shape index (κ3) is 3.92. The van der Waals surface area contributed by atoms with Gasteiger partial charge in [0, 0.05) is 31.4 Å². The average Bonchev–Trinajstić information content (AvgIpc) is 2.81. The average molecular weight is 407 g/mol. The molecule has 1 fully saturated rings. The van der Waals surface area contributed by atoms with Crippen LogP contribution in [-0.2, 0) is 11.8 Å². The number of nitrogens with zero attached hydrogens (tertiary/aromatic N) is 5. The molecule has 2 aromatic heterocycles. The molecular formula is C21H21N5O4. The highest BCUT2D eigenvalue weighted by Crippen LogP contribution is 2.21. The zero-order valence-corrected chi connectivity index (χ0v) is 16.7. The Kier molecular flexibility index (Phi) is 5.53. The zero-order valence-electron chi connectivity index (χ0n) is 16.7. The molecule has 4 rings (SSSR count). The first-order valence-electron chi connectivity index (χ1n) is 9.46. The molecule has 30 heavy (non-hydrogen) atoms. The monoisotopic (exact) mass is 407 g/mol. The summed E-state index contributed by atoms with van der Waals surface area (Å²) in [5, 5.41) is 0. The van der Waals surface area contributed by atoms with Crippen molar-refractivity contribution in [1.29, 1.82) is 0 Å². The van der Waals surface area contributed by atoms with Crippen molar-refractivity contribution in [1.82, 2.24) is 19.5 Å². The summed E-state index contributed by atoms with van der Waals surface area (Å²) in [6, 6.07) is 10.0. The van der Waals surface area contributed by atoms with Crippen molar-refractivity contribution in [2.45, 2.75) is 6.10 Å². The Morgan fingerprint density at radius 2 is 2.00 bits per heavy atom. The Morgan fingerprint density at radius 1 is 1.20 bits per heavy atom. The minimum Gasteiger partial charge on any atom is -0.497 e. The number of carbonyl (C=O) groups excluding carboxylic acids is 1. The summed E-state index contributed by atoms with van der Waals surface area (Å²) in [5.41, 5.74) is 1.35. The van der Waals surface area contributed by atoms with Crippen LogP contribution < -0.4 is 15.2 Å². The molecule has 1 aliphatic rings. The molecule has 0 amide bonds. The van der Waals surface area contributed by atoms with E-state index in [1.807, 2.05) is 4.90 Å². The molecular weight excluding hydrogens is 386 g/mol. The Bertz CT molecular complexity index is 1100. The highest BCUT2D eigenvalue weighted by atomic mass is 16.5. The van der Waals surface area contributed by atoms with Crippen LogP contribution in [0.4, 0.5) is 5.95 Å². The number of benzene rings is 1. The first-order chi connectivity index (χ1) is 14.6. The number of carbonyl (C=O) groups is 1. The fourth-order valence-corrected chi connectivity index (χ4v) is 3.31. The summed E-state index contributed by atoms with van der Waals surface area (Å²) in [6.45, 7) is 1.15. The summed E-state index contributed by atoms with van der Waals surface area (Å²) >= 11 is 0. The van der Waals surface area contributed by atoms with Crippen LogP contribution in [0.25, 0.3) is 11.4 Å². The Hall–Kier alpha value is -3.59. The van der Waals surface area contributed by atoms with E-state index in [1.165, 1.54) is 17.0 Å². The maximum Gasteiger partial charge on any atom is 0.255 e. The molecule has 1 unspecified atom stereocenters. The molecule has 0 aliphatic carbocycles. The fourth-order valence-electron chi connectivity index (χ4n) is 3.31. The number of hydrogen-bond acceptors (Lipinski definition) is 8. The van der Waals surface area contributed by atoms with Crippen molar-refractivity contribution >= 4 is 11.7 Å². The van der Waals surface area contributed by atoms with Crippen LogP contribution in [0.2, 0.25) is 0 Å². The van der Waals surface area contributed by atoms with Gasteiger partial charge in [-0.1, -0.05) is 0 Å². The Balaban J connectivity index is 1.60. The summed E-state index contributed by atoms with van der Waals surface area (Å²) in [6.07, 6.45) is 2.35. The van der Waals surface area contributed by atoms with E-state index >= 15 is 0 Å². The fraction of sp³-hybridized carbons (Fsp3) is 0.286. The number of rotatable bonds is 5. The van der Waals surface area contributed by atoms with Gasteiger partial charge in [-0.05, 0) is 30.3 Å². The first-order valence-corrected chi connectivity index (χ1v) is 9.46. The maximum absolute atomic E-state index is 12.9. The summed E-state index contributed by atoms with van der Waals surface area (Å²) in [5.74, 6) is 1.02. The molecule has 0 saturated carbocycles. The van der Waals surface area contributed by atoms with E-state index in [-0.39, 0.29) is 11.3 Å². The first kappa shape index (κ1) is 19.7. The highest BCUT2D eigenvalue weighted by molar-refractivity contribution is 6.00. The molecule has 3 heterocycles. The summed E-state index contributed by atoms with van der Waals surface area (Å²) in [4.78, 5) is 40.0. The lowest BCUT2D eigenvalue weighted by molar-refractivity contribution is 0.0336. The Morgan fingerprint density at radius 3 is 2.70 bits per heavy atom. The highest BCUT2D eigenvalue weighted by Gasteiger charge is 2.29. The molecule has 154 valence electrons.